The molecule has 0 saturated carbocycles. The highest BCUT2D eigenvalue weighted by Gasteiger charge is 2.15. The lowest BCUT2D eigenvalue weighted by Gasteiger charge is -2.21. The zero-order chi connectivity index (χ0) is 20.0. The van der Waals surface area contributed by atoms with Gasteiger partial charge in [-0.25, -0.2) is 4.79 Å². The van der Waals surface area contributed by atoms with Crippen molar-refractivity contribution in [1.82, 2.24) is 0 Å². The van der Waals surface area contributed by atoms with Crippen molar-refractivity contribution in [3.63, 3.8) is 0 Å². The highest BCUT2D eigenvalue weighted by atomic mass is 35.5. The number of rotatable bonds is 6. The number of ether oxygens (including phenoxy) is 1. The zero-order valence-corrected chi connectivity index (χ0v) is 16.2. The summed E-state index contributed by atoms with van der Waals surface area (Å²) >= 11 is 6.08. The number of aryl methyl sites for hydroxylation is 1. The maximum atomic E-state index is 12.3. The molecule has 0 atom stereocenters. The number of nitrogens with zero attached hydrogens (tertiary/aromatic N) is 1. The van der Waals surface area contributed by atoms with Gasteiger partial charge >= 0.3 is 5.97 Å². The molecular formula is C20H21ClN2O4. The van der Waals surface area contributed by atoms with Gasteiger partial charge in [-0.1, -0.05) is 29.3 Å². The second-order valence-corrected chi connectivity index (χ2v) is 6.40. The lowest BCUT2D eigenvalue weighted by atomic mass is 10.2. The van der Waals surface area contributed by atoms with E-state index >= 15 is 0 Å². The van der Waals surface area contributed by atoms with Crippen LogP contribution in [0.3, 0.4) is 0 Å². The van der Waals surface area contributed by atoms with Crippen molar-refractivity contribution >= 4 is 40.8 Å². The lowest BCUT2D eigenvalue weighted by molar-refractivity contribution is -0.117. The van der Waals surface area contributed by atoms with E-state index < -0.39 is 5.97 Å². The van der Waals surface area contributed by atoms with E-state index in [1.807, 2.05) is 31.2 Å². The Hall–Kier alpha value is -2.86. The number of hydrogen-bond donors (Lipinski definition) is 1. The smallest absolute Gasteiger partial charge is 0.337 e. The molecule has 0 saturated heterocycles. The van der Waals surface area contributed by atoms with Crippen molar-refractivity contribution < 1.29 is 19.1 Å². The highest BCUT2D eigenvalue weighted by molar-refractivity contribution is 6.33. The van der Waals surface area contributed by atoms with Gasteiger partial charge in [0.15, 0.2) is 0 Å². The number of esters is 1. The van der Waals surface area contributed by atoms with Crippen LogP contribution in [0.4, 0.5) is 11.4 Å². The Morgan fingerprint density at radius 2 is 1.78 bits per heavy atom. The molecule has 2 aromatic carbocycles. The van der Waals surface area contributed by atoms with Crippen LogP contribution in [-0.2, 0) is 14.3 Å². The summed E-state index contributed by atoms with van der Waals surface area (Å²) < 4.78 is 4.66. The van der Waals surface area contributed by atoms with Crippen molar-refractivity contribution in [2.75, 3.05) is 23.9 Å². The van der Waals surface area contributed by atoms with Gasteiger partial charge in [0.1, 0.15) is 0 Å². The number of methoxy groups -OCH3 is 1. The third-order valence-corrected chi connectivity index (χ3v) is 4.28. The minimum atomic E-state index is -0.524. The number of carbonyl (C=O) groups is 3. The minimum absolute atomic E-state index is 0.0756. The summed E-state index contributed by atoms with van der Waals surface area (Å²) in [7, 11) is 1.27. The molecule has 0 unspecified atom stereocenters. The molecular weight excluding hydrogens is 368 g/mol. The van der Waals surface area contributed by atoms with Gasteiger partial charge in [0.25, 0.3) is 0 Å². The summed E-state index contributed by atoms with van der Waals surface area (Å²) in [4.78, 5) is 37.4. The molecule has 0 aromatic heterocycles. The van der Waals surface area contributed by atoms with Gasteiger partial charge in [-0.15, -0.1) is 0 Å². The molecule has 6 nitrogen and oxygen atoms in total. The SMILES string of the molecule is COC(=O)c1ccc(Cl)c(NC(=O)CCN(C(C)=O)c2ccc(C)cc2)c1. The van der Waals surface area contributed by atoms with E-state index in [0.29, 0.717) is 10.7 Å². The largest absolute Gasteiger partial charge is 0.465 e. The second-order valence-electron chi connectivity index (χ2n) is 5.99. The van der Waals surface area contributed by atoms with Gasteiger partial charge in [-0.3, -0.25) is 9.59 Å². The topological polar surface area (TPSA) is 75.7 Å². The fraction of sp³-hybridized carbons (Fsp3) is 0.250. The van der Waals surface area contributed by atoms with Gasteiger partial charge in [-0.05, 0) is 37.3 Å². The van der Waals surface area contributed by atoms with Gasteiger partial charge in [0, 0.05) is 25.6 Å². The average molecular weight is 389 g/mol. The van der Waals surface area contributed by atoms with Crippen LogP contribution in [0.1, 0.15) is 29.3 Å². The summed E-state index contributed by atoms with van der Waals surface area (Å²) in [6.45, 7) is 3.63. The molecule has 7 heteroatoms. The molecule has 0 bridgehead atoms. The van der Waals surface area contributed by atoms with Crippen molar-refractivity contribution in [2.45, 2.75) is 20.3 Å². The van der Waals surface area contributed by atoms with Crippen LogP contribution in [0.2, 0.25) is 5.02 Å². The van der Waals surface area contributed by atoms with Crippen molar-refractivity contribution in [1.29, 1.82) is 0 Å². The molecule has 2 rings (SSSR count). The first-order chi connectivity index (χ1) is 12.8. The Balaban J connectivity index is 2.05. The molecule has 0 radical (unpaired) electrons. The molecule has 0 aliphatic carbocycles. The Bertz CT molecular complexity index is 850. The van der Waals surface area contributed by atoms with Crippen LogP contribution < -0.4 is 10.2 Å². The summed E-state index contributed by atoms with van der Waals surface area (Å²) in [6.07, 6.45) is 0.0756. The number of halogens is 1. The van der Waals surface area contributed by atoms with E-state index in [2.05, 4.69) is 10.1 Å². The number of benzene rings is 2. The van der Waals surface area contributed by atoms with E-state index in [0.717, 1.165) is 11.3 Å². The number of amides is 2. The van der Waals surface area contributed by atoms with Gasteiger partial charge in [0.05, 0.1) is 23.4 Å². The van der Waals surface area contributed by atoms with Crippen LogP contribution in [0.25, 0.3) is 0 Å². The van der Waals surface area contributed by atoms with Crippen molar-refractivity contribution in [3.05, 3.63) is 58.6 Å². The predicted octanol–water partition coefficient (Wildman–Crippen LogP) is 3.82. The first-order valence-corrected chi connectivity index (χ1v) is 8.72. The highest BCUT2D eigenvalue weighted by Crippen LogP contribution is 2.24. The maximum Gasteiger partial charge on any atom is 0.337 e. The molecule has 2 aromatic rings. The first kappa shape index (κ1) is 20.5. The van der Waals surface area contributed by atoms with E-state index in [1.54, 1.807) is 0 Å². The Morgan fingerprint density at radius 3 is 2.37 bits per heavy atom. The fourth-order valence-electron chi connectivity index (χ4n) is 2.49. The van der Waals surface area contributed by atoms with Gasteiger partial charge in [0.2, 0.25) is 11.8 Å². The number of anilines is 2. The van der Waals surface area contributed by atoms with Crippen molar-refractivity contribution in [2.24, 2.45) is 0 Å². The summed E-state index contributed by atoms with van der Waals surface area (Å²) in [5, 5.41) is 2.97. The maximum absolute atomic E-state index is 12.3. The quantitative estimate of drug-likeness (QED) is 0.763. The Labute approximate surface area is 163 Å². The third-order valence-electron chi connectivity index (χ3n) is 3.95. The summed E-state index contributed by atoms with van der Waals surface area (Å²) in [6, 6.07) is 12.0. The summed E-state index contributed by atoms with van der Waals surface area (Å²) in [5.74, 6) is -1.00. The molecule has 0 aliphatic rings. The molecule has 0 aliphatic heterocycles. The molecule has 1 N–H and O–H groups in total. The zero-order valence-electron chi connectivity index (χ0n) is 15.4. The normalized spacial score (nSPS) is 10.2. The van der Waals surface area contributed by atoms with Gasteiger partial charge < -0.3 is 15.0 Å². The average Bonchev–Trinajstić information content (AvgIpc) is 2.64. The van der Waals surface area contributed by atoms with E-state index in [9.17, 15) is 14.4 Å². The first-order valence-electron chi connectivity index (χ1n) is 8.34. The van der Waals surface area contributed by atoms with Crippen LogP contribution in [0.5, 0.6) is 0 Å². The fourth-order valence-corrected chi connectivity index (χ4v) is 2.65. The van der Waals surface area contributed by atoms with Crippen LogP contribution in [0.15, 0.2) is 42.5 Å². The second kappa shape index (κ2) is 9.19. The molecule has 0 heterocycles. The summed E-state index contributed by atoms with van der Waals surface area (Å²) in [5.41, 5.74) is 2.41. The number of carbonyl (C=O) groups excluding carboxylic acids is 3. The molecule has 142 valence electrons. The van der Waals surface area contributed by atoms with Gasteiger partial charge in [-0.2, -0.15) is 0 Å². The van der Waals surface area contributed by atoms with Crippen molar-refractivity contribution in [3.8, 4) is 0 Å². The third kappa shape index (κ3) is 5.56. The standard InChI is InChI=1S/C20H21ClN2O4/c1-13-4-7-16(8-5-13)23(14(2)24)11-10-19(25)22-18-12-15(20(26)27-3)6-9-17(18)21/h4-9,12H,10-11H2,1-3H3,(H,22,25). The minimum Gasteiger partial charge on any atom is -0.465 e. The van der Waals surface area contributed by atoms with E-state index in [-0.39, 0.29) is 30.3 Å². The molecule has 2 amide bonds. The monoisotopic (exact) mass is 388 g/mol. The Kier molecular flexibility index (Phi) is 6.96. The van der Waals surface area contributed by atoms with E-state index in [1.165, 1.54) is 37.1 Å². The van der Waals surface area contributed by atoms with E-state index in [4.69, 9.17) is 11.6 Å². The molecule has 27 heavy (non-hydrogen) atoms. The molecule has 0 fully saturated rings. The lowest BCUT2D eigenvalue weighted by Crippen LogP contribution is -2.32. The number of nitrogens with one attached hydrogen (secondary N) is 1. The Morgan fingerprint density at radius 1 is 1.11 bits per heavy atom. The van der Waals surface area contributed by atoms with Crippen LogP contribution in [-0.4, -0.2) is 31.4 Å². The predicted molar refractivity (Wildman–Crippen MR) is 105 cm³/mol. The van der Waals surface area contributed by atoms with Crippen LogP contribution in [0, 0.1) is 6.92 Å². The van der Waals surface area contributed by atoms with Crippen LogP contribution >= 0.6 is 11.6 Å². The molecule has 0 spiro atoms. The number of hydrogen-bond acceptors (Lipinski definition) is 4.